The highest BCUT2D eigenvalue weighted by atomic mass is 16.4. The summed E-state index contributed by atoms with van der Waals surface area (Å²) in [5.41, 5.74) is -0.187. The van der Waals surface area contributed by atoms with Gasteiger partial charge in [0, 0.05) is 11.6 Å². The summed E-state index contributed by atoms with van der Waals surface area (Å²) in [4.78, 5) is 33.6. The van der Waals surface area contributed by atoms with Crippen molar-refractivity contribution in [3.8, 4) is 0 Å². The van der Waals surface area contributed by atoms with E-state index in [0.717, 1.165) is 0 Å². The van der Waals surface area contributed by atoms with Crippen LogP contribution in [0, 0.1) is 5.41 Å². The van der Waals surface area contributed by atoms with Gasteiger partial charge in [-0.3, -0.25) is 19.1 Å². The van der Waals surface area contributed by atoms with E-state index in [1.54, 1.807) is 20.8 Å². The lowest BCUT2D eigenvalue weighted by molar-refractivity contribution is -0.137. The summed E-state index contributed by atoms with van der Waals surface area (Å²) < 4.78 is 1.19. The van der Waals surface area contributed by atoms with Crippen LogP contribution in [0.3, 0.4) is 0 Å². The van der Waals surface area contributed by atoms with Crippen molar-refractivity contribution in [1.82, 2.24) is 15.1 Å². The molecule has 2 amide bonds. The number of nitrogens with one attached hydrogen (secondary N) is 2. The topological polar surface area (TPSA) is 113 Å². The standard InChI is InChI=1S/C12H18N4O4/c1-12(2,3)11(20)13-5-9(17)15-8-4-14-16(6-8)7-10(18)19/h4,6H,5,7H2,1-3H3,(H,13,20)(H,15,17)(H,18,19). The Hall–Kier alpha value is -2.38. The quantitative estimate of drug-likeness (QED) is 0.707. The molecule has 8 heteroatoms. The van der Waals surface area contributed by atoms with Crippen LogP contribution >= 0.6 is 0 Å². The molecule has 1 heterocycles. The van der Waals surface area contributed by atoms with E-state index in [0.29, 0.717) is 5.69 Å². The van der Waals surface area contributed by atoms with E-state index in [1.165, 1.54) is 17.1 Å². The van der Waals surface area contributed by atoms with Gasteiger partial charge in [0.15, 0.2) is 0 Å². The number of carboxylic acid groups (broad SMARTS) is 1. The van der Waals surface area contributed by atoms with Crippen molar-refractivity contribution in [2.24, 2.45) is 5.41 Å². The predicted molar refractivity (Wildman–Crippen MR) is 71.0 cm³/mol. The third kappa shape index (κ3) is 5.09. The van der Waals surface area contributed by atoms with Crippen LogP contribution in [0.1, 0.15) is 20.8 Å². The first kappa shape index (κ1) is 15.7. The van der Waals surface area contributed by atoms with Crippen LogP contribution in [-0.4, -0.2) is 39.2 Å². The first-order valence-corrected chi connectivity index (χ1v) is 6.01. The van der Waals surface area contributed by atoms with Crippen LogP contribution in [-0.2, 0) is 20.9 Å². The Morgan fingerprint density at radius 3 is 2.55 bits per heavy atom. The summed E-state index contributed by atoms with van der Waals surface area (Å²) in [5, 5.41) is 17.4. The second-order valence-electron chi connectivity index (χ2n) is 5.30. The maximum absolute atomic E-state index is 11.6. The number of nitrogens with zero attached hydrogens (tertiary/aromatic N) is 2. The van der Waals surface area contributed by atoms with Gasteiger partial charge >= 0.3 is 5.97 Å². The van der Waals surface area contributed by atoms with E-state index < -0.39 is 17.3 Å². The van der Waals surface area contributed by atoms with E-state index in [1.807, 2.05) is 0 Å². The first-order chi connectivity index (χ1) is 9.18. The average Bonchev–Trinajstić information content (AvgIpc) is 2.71. The second kappa shape index (κ2) is 6.18. The maximum atomic E-state index is 11.6. The third-order valence-corrected chi connectivity index (χ3v) is 2.30. The lowest BCUT2D eigenvalue weighted by Gasteiger charge is -2.17. The van der Waals surface area contributed by atoms with Crippen LogP contribution in [0.2, 0.25) is 0 Å². The fourth-order valence-electron chi connectivity index (χ4n) is 1.28. The third-order valence-electron chi connectivity index (χ3n) is 2.30. The highest BCUT2D eigenvalue weighted by Gasteiger charge is 2.21. The summed E-state index contributed by atoms with van der Waals surface area (Å²) in [7, 11) is 0. The summed E-state index contributed by atoms with van der Waals surface area (Å²) in [5.74, 6) is -1.66. The molecule has 0 fully saturated rings. The van der Waals surface area contributed by atoms with Crippen molar-refractivity contribution in [3.63, 3.8) is 0 Å². The summed E-state index contributed by atoms with van der Waals surface area (Å²) >= 11 is 0. The van der Waals surface area contributed by atoms with Gasteiger partial charge in [-0.05, 0) is 0 Å². The first-order valence-electron chi connectivity index (χ1n) is 6.01. The number of hydrogen-bond acceptors (Lipinski definition) is 4. The lowest BCUT2D eigenvalue weighted by atomic mass is 9.96. The van der Waals surface area contributed by atoms with Crippen molar-refractivity contribution in [3.05, 3.63) is 12.4 Å². The van der Waals surface area contributed by atoms with E-state index >= 15 is 0 Å². The summed E-state index contributed by atoms with van der Waals surface area (Å²) in [6.45, 7) is 4.80. The molecule has 0 unspecified atom stereocenters. The molecule has 1 aromatic rings. The van der Waals surface area contributed by atoms with Crippen LogP contribution in [0.15, 0.2) is 12.4 Å². The Bertz CT molecular complexity index is 516. The van der Waals surface area contributed by atoms with Crippen molar-refractivity contribution < 1.29 is 19.5 Å². The summed E-state index contributed by atoms with van der Waals surface area (Å²) in [6.07, 6.45) is 2.74. The van der Waals surface area contributed by atoms with Gasteiger partial charge in [-0.25, -0.2) is 0 Å². The Kier molecular flexibility index (Phi) is 4.84. The van der Waals surface area contributed by atoms with E-state index in [4.69, 9.17) is 5.11 Å². The molecule has 0 aliphatic rings. The van der Waals surface area contributed by atoms with E-state index in [-0.39, 0.29) is 19.0 Å². The highest BCUT2D eigenvalue weighted by molar-refractivity contribution is 5.95. The van der Waals surface area contributed by atoms with Crippen molar-refractivity contribution in [1.29, 1.82) is 0 Å². The molecule has 0 saturated carbocycles. The van der Waals surface area contributed by atoms with Crippen molar-refractivity contribution in [2.75, 3.05) is 11.9 Å². The lowest BCUT2D eigenvalue weighted by Crippen LogP contribution is -2.39. The number of carbonyl (C=O) groups excluding carboxylic acids is 2. The van der Waals surface area contributed by atoms with Gasteiger partial charge in [0.25, 0.3) is 0 Å². The molecule has 1 aromatic heterocycles. The smallest absolute Gasteiger partial charge is 0.325 e. The fraction of sp³-hybridized carbons (Fsp3) is 0.500. The Labute approximate surface area is 116 Å². The largest absolute Gasteiger partial charge is 0.480 e. The number of carboxylic acids is 1. The van der Waals surface area contributed by atoms with Crippen molar-refractivity contribution in [2.45, 2.75) is 27.3 Å². The van der Waals surface area contributed by atoms with E-state index in [9.17, 15) is 14.4 Å². The number of aromatic nitrogens is 2. The molecule has 0 bridgehead atoms. The molecule has 20 heavy (non-hydrogen) atoms. The van der Waals surface area contributed by atoms with Gasteiger partial charge in [0.1, 0.15) is 6.54 Å². The summed E-state index contributed by atoms with van der Waals surface area (Å²) in [6, 6.07) is 0. The van der Waals surface area contributed by atoms with E-state index in [2.05, 4.69) is 15.7 Å². The molecule has 3 N–H and O–H groups in total. The molecule has 0 radical (unpaired) electrons. The SMILES string of the molecule is CC(C)(C)C(=O)NCC(=O)Nc1cnn(CC(=O)O)c1. The normalized spacial score (nSPS) is 10.9. The monoisotopic (exact) mass is 282 g/mol. The van der Waals surface area contributed by atoms with Gasteiger partial charge in [-0.15, -0.1) is 0 Å². The van der Waals surface area contributed by atoms with Gasteiger partial charge in [-0.2, -0.15) is 5.10 Å². The number of hydrogen-bond donors (Lipinski definition) is 3. The van der Waals surface area contributed by atoms with Gasteiger partial charge in [0.05, 0.1) is 18.4 Å². The van der Waals surface area contributed by atoms with Gasteiger partial charge < -0.3 is 15.7 Å². The molecule has 0 aromatic carbocycles. The average molecular weight is 282 g/mol. The molecule has 0 saturated heterocycles. The van der Waals surface area contributed by atoms with Crippen LogP contribution < -0.4 is 10.6 Å². The van der Waals surface area contributed by atoms with Crippen LogP contribution in [0.5, 0.6) is 0 Å². The molecule has 0 atom stereocenters. The van der Waals surface area contributed by atoms with Gasteiger partial charge in [-0.1, -0.05) is 20.8 Å². The highest BCUT2D eigenvalue weighted by Crippen LogP contribution is 2.12. The number of rotatable bonds is 5. The fourth-order valence-corrected chi connectivity index (χ4v) is 1.28. The molecule has 8 nitrogen and oxygen atoms in total. The maximum Gasteiger partial charge on any atom is 0.325 e. The zero-order chi connectivity index (χ0) is 15.3. The van der Waals surface area contributed by atoms with Crippen LogP contribution in [0.4, 0.5) is 5.69 Å². The molecule has 1 rings (SSSR count). The minimum atomic E-state index is -1.02. The van der Waals surface area contributed by atoms with Crippen LogP contribution in [0.25, 0.3) is 0 Å². The Morgan fingerprint density at radius 1 is 1.35 bits per heavy atom. The molecule has 0 aliphatic carbocycles. The minimum Gasteiger partial charge on any atom is -0.480 e. The molecule has 0 spiro atoms. The molecule has 0 aliphatic heterocycles. The van der Waals surface area contributed by atoms with Gasteiger partial charge in [0.2, 0.25) is 11.8 Å². The Balaban J connectivity index is 2.45. The molecule has 110 valence electrons. The van der Waals surface area contributed by atoms with Crippen molar-refractivity contribution >= 4 is 23.5 Å². The molecular weight excluding hydrogens is 264 g/mol. The zero-order valence-corrected chi connectivity index (χ0v) is 11.6. The number of carbonyl (C=O) groups is 3. The number of anilines is 1. The predicted octanol–water partition coefficient (Wildman–Crippen LogP) is 0.0685. The number of aliphatic carboxylic acids is 1. The second-order valence-corrected chi connectivity index (χ2v) is 5.30. The minimum absolute atomic E-state index is 0.153. The number of amides is 2. The zero-order valence-electron chi connectivity index (χ0n) is 11.6. The molecular formula is C12H18N4O4. The Morgan fingerprint density at radius 2 is 2.00 bits per heavy atom.